The molecule has 156 valence electrons. The van der Waals surface area contributed by atoms with Crippen molar-refractivity contribution in [2.45, 2.75) is 26.7 Å². The summed E-state index contributed by atoms with van der Waals surface area (Å²) in [6, 6.07) is 6.92. The molecule has 0 unspecified atom stereocenters. The predicted molar refractivity (Wildman–Crippen MR) is 111 cm³/mol. The van der Waals surface area contributed by atoms with Crippen molar-refractivity contribution < 1.29 is 19.0 Å². The second kappa shape index (κ2) is 9.45. The van der Waals surface area contributed by atoms with Crippen LogP contribution in [0.15, 0.2) is 24.3 Å². The van der Waals surface area contributed by atoms with Crippen LogP contribution in [0.4, 0.5) is 11.6 Å². The number of aromatic nitrogens is 2. The number of anilines is 2. The van der Waals surface area contributed by atoms with Crippen molar-refractivity contribution in [1.82, 2.24) is 9.97 Å². The number of aryl methyl sites for hydroxylation is 1. The molecule has 0 saturated carbocycles. The van der Waals surface area contributed by atoms with Gasteiger partial charge in [0, 0.05) is 30.9 Å². The summed E-state index contributed by atoms with van der Waals surface area (Å²) in [5, 5.41) is 2.78. The number of carbonyl (C=O) groups excluding carboxylic acids is 1. The Balaban J connectivity index is 1.63. The summed E-state index contributed by atoms with van der Waals surface area (Å²) in [6.45, 7) is 5.85. The van der Waals surface area contributed by atoms with Crippen LogP contribution in [0, 0.1) is 12.8 Å². The first-order valence-electron chi connectivity index (χ1n) is 9.73. The molecule has 2 heterocycles. The van der Waals surface area contributed by atoms with Gasteiger partial charge in [0.05, 0.1) is 19.9 Å². The van der Waals surface area contributed by atoms with Crippen molar-refractivity contribution in [2.24, 2.45) is 5.92 Å². The molecule has 1 aliphatic rings. The van der Waals surface area contributed by atoms with Gasteiger partial charge in [-0.25, -0.2) is 4.98 Å². The van der Waals surface area contributed by atoms with Crippen molar-refractivity contribution in [3.63, 3.8) is 0 Å². The molecule has 1 N–H and O–H groups in total. The first kappa shape index (κ1) is 20.7. The lowest BCUT2D eigenvalue weighted by atomic mass is 10.00. The van der Waals surface area contributed by atoms with Crippen LogP contribution >= 0.6 is 0 Å². The van der Waals surface area contributed by atoms with Crippen LogP contribution in [0.3, 0.4) is 0 Å². The average molecular weight is 400 g/mol. The van der Waals surface area contributed by atoms with E-state index < -0.39 is 0 Å². The summed E-state index contributed by atoms with van der Waals surface area (Å²) < 4.78 is 16.1. The minimum Gasteiger partial charge on any atom is -0.497 e. The number of rotatable bonds is 7. The number of benzene rings is 1. The van der Waals surface area contributed by atoms with Crippen molar-refractivity contribution >= 4 is 17.5 Å². The summed E-state index contributed by atoms with van der Waals surface area (Å²) in [4.78, 5) is 23.6. The highest BCUT2D eigenvalue weighted by Crippen LogP contribution is 2.29. The number of methoxy groups -OCH3 is 2. The zero-order valence-electron chi connectivity index (χ0n) is 17.4. The van der Waals surface area contributed by atoms with Crippen LogP contribution in [-0.2, 0) is 4.79 Å². The van der Waals surface area contributed by atoms with Crippen LogP contribution in [0.1, 0.15) is 25.5 Å². The van der Waals surface area contributed by atoms with Gasteiger partial charge in [0.15, 0.2) is 6.61 Å². The quantitative estimate of drug-likeness (QED) is 0.764. The Morgan fingerprint density at radius 1 is 1.17 bits per heavy atom. The Bertz CT molecular complexity index is 851. The SMILES string of the molecule is COc1ccc(OC)c(NC(=O)COc2cc(C)nc(N3CCC(C)CC3)n2)c1. The normalized spacial score (nSPS) is 14.4. The molecule has 0 radical (unpaired) electrons. The topological polar surface area (TPSA) is 85.8 Å². The molecule has 0 spiro atoms. The molecular formula is C21H28N4O4. The summed E-state index contributed by atoms with van der Waals surface area (Å²) in [6.07, 6.45) is 2.25. The molecule has 1 saturated heterocycles. The second-order valence-electron chi connectivity index (χ2n) is 7.22. The van der Waals surface area contributed by atoms with Gasteiger partial charge < -0.3 is 24.4 Å². The lowest BCUT2D eigenvalue weighted by molar-refractivity contribution is -0.118. The number of hydrogen-bond donors (Lipinski definition) is 1. The van der Waals surface area contributed by atoms with Gasteiger partial charge in [-0.2, -0.15) is 4.98 Å². The first-order valence-corrected chi connectivity index (χ1v) is 9.73. The third-order valence-electron chi connectivity index (χ3n) is 4.92. The van der Waals surface area contributed by atoms with Gasteiger partial charge in [-0.05, 0) is 37.8 Å². The van der Waals surface area contributed by atoms with Crippen LogP contribution in [0.2, 0.25) is 0 Å². The maximum absolute atomic E-state index is 12.4. The highest BCUT2D eigenvalue weighted by molar-refractivity contribution is 5.93. The zero-order chi connectivity index (χ0) is 20.8. The Labute approximate surface area is 171 Å². The van der Waals surface area contributed by atoms with Crippen molar-refractivity contribution in [3.05, 3.63) is 30.0 Å². The second-order valence-corrected chi connectivity index (χ2v) is 7.22. The molecule has 1 aromatic heterocycles. The summed E-state index contributed by atoms with van der Waals surface area (Å²) >= 11 is 0. The number of hydrogen-bond acceptors (Lipinski definition) is 7. The van der Waals surface area contributed by atoms with Gasteiger partial charge in [-0.3, -0.25) is 4.79 Å². The van der Waals surface area contributed by atoms with E-state index in [0.717, 1.165) is 37.5 Å². The van der Waals surface area contributed by atoms with Crippen molar-refractivity contribution in [3.8, 4) is 17.4 Å². The van der Waals surface area contributed by atoms with Crippen molar-refractivity contribution in [1.29, 1.82) is 0 Å². The minimum absolute atomic E-state index is 0.173. The number of piperidine rings is 1. The first-order chi connectivity index (χ1) is 14.0. The van der Waals surface area contributed by atoms with E-state index in [1.54, 1.807) is 38.5 Å². The summed E-state index contributed by atoms with van der Waals surface area (Å²) in [7, 11) is 3.11. The Morgan fingerprint density at radius 3 is 2.62 bits per heavy atom. The van der Waals surface area contributed by atoms with Gasteiger partial charge in [0.2, 0.25) is 11.8 Å². The Morgan fingerprint density at radius 2 is 1.93 bits per heavy atom. The smallest absolute Gasteiger partial charge is 0.262 e. The average Bonchev–Trinajstić information content (AvgIpc) is 2.72. The summed E-state index contributed by atoms with van der Waals surface area (Å²) in [5.41, 5.74) is 1.32. The molecule has 0 bridgehead atoms. The van der Waals surface area contributed by atoms with Gasteiger partial charge in [-0.1, -0.05) is 6.92 Å². The van der Waals surface area contributed by atoms with Crippen LogP contribution in [-0.4, -0.2) is 49.8 Å². The minimum atomic E-state index is -0.318. The molecule has 8 nitrogen and oxygen atoms in total. The van der Waals surface area contributed by atoms with E-state index in [4.69, 9.17) is 14.2 Å². The molecule has 1 amide bonds. The summed E-state index contributed by atoms with van der Waals surface area (Å²) in [5.74, 6) is 2.61. The zero-order valence-corrected chi connectivity index (χ0v) is 17.4. The highest BCUT2D eigenvalue weighted by Gasteiger charge is 2.19. The molecule has 1 fully saturated rings. The molecule has 8 heteroatoms. The molecule has 2 aromatic rings. The Kier molecular flexibility index (Phi) is 6.74. The fourth-order valence-corrected chi connectivity index (χ4v) is 3.19. The van der Waals surface area contributed by atoms with E-state index in [2.05, 4.69) is 27.1 Å². The number of amides is 1. The third kappa shape index (κ3) is 5.49. The van der Waals surface area contributed by atoms with Gasteiger partial charge in [0.1, 0.15) is 11.5 Å². The molecule has 1 aliphatic heterocycles. The number of carbonyl (C=O) groups is 1. The maximum Gasteiger partial charge on any atom is 0.262 e. The van der Waals surface area contributed by atoms with Crippen molar-refractivity contribution in [2.75, 3.05) is 44.1 Å². The van der Waals surface area contributed by atoms with Crippen LogP contribution < -0.4 is 24.4 Å². The van der Waals surface area contributed by atoms with E-state index in [0.29, 0.717) is 29.0 Å². The standard InChI is InChI=1S/C21H28N4O4/c1-14-7-9-25(10-8-14)21-22-15(2)11-20(24-21)29-13-19(26)23-17-12-16(27-3)5-6-18(17)28-4/h5-6,11-12,14H,7-10,13H2,1-4H3,(H,23,26). The monoisotopic (exact) mass is 400 g/mol. The Hall–Kier alpha value is -3.03. The maximum atomic E-state index is 12.4. The fourth-order valence-electron chi connectivity index (χ4n) is 3.19. The molecule has 0 atom stereocenters. The number of nitrogens with zero attached hydrogens (tertiary/aromatic N) is 3. The molecule has 29 heavy (non-hydrogen) atoms. The molecule has 1 aromatic carbocycles. The van der Waals surface area contributed by atoms with E-state index in [-0.39, 0.29) is 12.5 Å². The largest absolute Gasteiger partial charge is 0.497 e. The lowest BCUT2D eigenvalue weighted by Gasteiger charge is -2.30. The van der Waals surface area contributed by atoms with E-state index in [1.807, 2.05) is 6.92 Å². The van der Waals surface area contributed by atoms with Gasteiger partial charge in [-0.15, -0.1) is 0 Å². The number of ether oxygens (including phenoxy) is 3. The molecular weight excluding hydrogens is 372 g/mol. The van der Waals surface area contributed by atoms with Crippen LogP contribution in [0.5, 0.6) is 17.4 Å². The van der Waals surface area contributed by atoms with Gasteiger partial charge >= 0.3 is 0 Å². The predicted octanol–water partition coefficient (Wildman–Crippen LogP) is 3.06. The molecule has 3 rings (SSSR count). The highest BCUT2D eigenvalue weighted by atomic mass is 16.5. The van der Waals surface area contributed by atoms with E-state index in [1.165, 1.54) is 0 Å². The van der Waals surface area contributed by atoms with E-state index in [9.17, 15) is 4.79 Å². The lowest BCUT2D eigenvalue weighted by Crippen LogP contribution is -2.34. The number of nitrogens with one attached hydrogen (secondary N) is 1. The van der Waals surface area contributed by atoms with Gasteiger partial charge in [0.25, 0.3) is 5.91 Å². The molecule has 0 aliphatic carbocycles. The third-order valence-corrected chi connectivity index (χ3v) is 4.92. The van der Waals surface area contributed by atoms with E-state index >= 15 is 0 Å². The van der Waals surface area contributed by atoms with Crippen LogP contribution in [0.25, 0.3) is 0 Å². The fraction of sp³-hybridized carbons (Fsp3) is 0.476.